The number of unbranched alkanes of at least 4 members (excludes halogenated alkanes) is 1. The molecule has 268 valence electrons. The van der Waals surface area contributed by atoms with Gasteiger partial charge in [-0.2, -0.15) is 5.10 Å². The van der Waals surface area contributed by atoms with Gasteiger partial charge < -0.3 is 29.3 Å². The number of nitrogens with zero attached hydrogens (tertiary/aromatic N) is 5. The van der Waals surface area contributed by atoms with Crippen LogP contribution in [0.3, 0.4) is 0 Å². The van der Waals surface area contributed by atoms with E-state index < -0.39 is 17.6 Å². The number of hydrogen-bond donors (Lipinski definition) is 1. The van der Waals surface area contributed by atoms with Crippen LogP contribution in [0.15, 0.2) is 59.3 Å². The number of carbonyl (C=O) groups excluding carboxylic acids is 2. The molecule has 11 nitrogen and oxygen atoms in total. The SMILES string of the molecule is CCCCOc1cc2c(N3CCN(C(=O)C(=O)Nc4ccc(Br)cc4F)CC3)nnc(Cc3ccncc3)c2cc1OC.CCCOCCC. The van der Waals surface area contributed by atoms with Gasteiger partial charge in [0.1, 0.15) is 5.82 Å². The minimum atomic E-state index is -0.888. The largest absolute Gasteiger partial charge is 0.493 e. The standard InChI is InChI=1S/C31H32BrFN6O4.C6H14O/c1-3-4-15-43-28-19-23-22(18-27(28)42-2)26(16-20-7-9-34-10-8-20)36-37-29(23)38-11-13-39(14-12-38)31(41)30(40)35-25-6-5-21(32)17-24(25)33;1-3-5-7-6-4-2/h5-10,17-19H,3-4,11-16H2,1-2H3,(H,35,40);3-6H2,1-2H3. The van der Waals surface area contributed by atoms with Gasteiger partial charge in [-0.15, -0.1) is 5.10 Å². The maximum atomic E-state index is 14.2. The minimum absolute atomic E-state index is 0.0545. The smallest absolute Gasteiger partial charge is 0.313 e. The highest BCUT2D eigenvalue weighted by Gasteiger charge is 2.29. The Labute approximate surface area is 301 Å². The highest BCUT2D eigenvalue weighted by atomic mass is 79.9. The molecule has 1 aliphatic rings. The predicted molar refractivity (Wildman–Crippen MR) is 196 cm³/mol. The summed E-state index contributed by atoms with van der Waals surface area (Å²) in [4.78, 5) is 33.1. The number of fused-ring (bicyclic) bond motifs is 1. The molecular weight excluding hydrogens is 707 g/mol. The second kappa shape index (κ2) is 19.7. The van der Waals surface area contributed by atoms with Gasteiger partial charge in [0.2, 0.25) is 0 Å². The zero-order valence-corrected chi connectivity index (χ0v) is 30.8. The number of piperazine rings is 1. The molecule has 4 aromatic rings. The number of benzene rings is 2. The Balaban J connectivity index is 0.000000727. The van der Waals surface area contributed by atoms with E-state index in [9.17, 15) is 14.0 Å². The molecule has 0 unspecified atom stereocenters. The lowest BCUT2D eigenvalue weighted by atomic mass is 10.0. The quantitative estimate of drug-likeness (QED) is 0.116. The van der Waals surface area contributed by atoms with Gasteiger partial charge in [-0.3, -0.25) is 14.6 Å². The number of rotatable bonds is 13. The average molecular weight is 754 g/mol. The average Bonchev–Trinajstić information content (AvgIpc) is 3.13. The maximum Gasteiger partial charge on any atom is 0.313 e. The second-order valence-electron chi connectivity index (χ2n) is 11.7. The molecule has 2 aromatic heterocycles. The van der Waals surface area contributed by atoms with Crippen LogP contribution in [0, 0.1) is 5.82 Å². The van der Waals surface area contributed by atoms with Crippen LogP contribution in [-0.4, -0.2) is 85.0 Å². The summed E-state index contributed by atoms with van der Waals surface area (Å²) in [6, 6.07) is 12.0. The van der Waals surface area contributed by atoms with E-state index >= 15 is 0 Å². The first-order chi connectivity index (χ1) is 24.3. The molecule has 3 heterocycles. The second-order valence-corrected chi connectivity index (χ2v) is 12.6. The Morgan fingerprint density at radius 2 is 1.58 bits per heavy atom. The zero-order chi connectivity index (χ0) is 35.9. The number of halogens is 2. The van der Waals surface area contributed by atoms with Crippen LogP contribution in [0.25, 0.3) is 10.8 Å². The highest BCUT2D eigenvalue weighted by Crippen LogP contribution is 2.38. The summed E-state index contributed by atoms with van der Waals surface area (Å²) < 4.78 is 31.6. The summed E-state index contributed by atoms with van der Waals surface area (Å²) in [5.41, 5.74) is 1.78. The summed E-state index contributed by atoms with van der Waals surface area (Å²) in [7, 11) is 1.61. The first-order valence-corrected chi connectivity index (χ1v) is 17.9. The molecule has 0 bridgehead atoms. The molecule has 1 fully saturated rings. The summed E-state index contributed by atoms with van der Waals surface area (Å²) in [5.74, 6) is -0.346. The Bertz CT molecular complexity index is 1700. The Morgan fingerprint density at radius 1 is 0.880 bits per heavy atom. The van der Waals surface area contributed by atoms with Gasteiger partial charge in [-0.25, -0.2) is 4.39 Å². The van der Waals surface area contributed by atoms with E-state index in [1.165, 1.54) is 17.0 Å². The lowest BCUT2D eigenvalue weighted by molar-refractivity contribution is -0.143. The third-order valence-electron chi connectivity index (χ3n) is 7.93. The number of aromatic nitrogens is 3. The van der Waals surface area contributed by atoms with E-state index in [4.69, 9.17) is 14.2 Å². The van der Waals surface area contributed by atoms with Gasteiger partial charge in [0.15, 0.2) is 17.3 Å². The fourth-order valence-corrected chi connectivity index (χ4v) is 5.61. The number of methoxy groups -OCH3 is 1. The molecule has 5 rings (SSSR count). The molecule has 1 aliphatic heterocycles. The van der Waals surface area contributed by atoms with E-state index in [1.807, 2.05) is 29.2 Å². The summed E-state index contributed by atoms with van der Waals surface area (Å²) in [5, 5.41) is 13.4. The number of anilines is 2. The van der Waals surface area contributed by atoms with Gasteiger partial charge in [-0.1, -0.05) is 43.1 Å². The molecule has 0 atom stereocenters. The van der Waals surface area contributed by atoms with Crippen molar-refractivity contribution in [1.82, 2.24) is 20.1 Å². The molecule has 1 N–H and O–H groups in total. The Morgan fingerprint density at radius 3 is 2.22 bits per heavy atom. The van der Waals surface area contributed by atoms with E-state index in [0.29, 0.717) is 47.9 Å². The monoisotopic (exact) mass is 752 g/mol. The van der Waals surface area contributed by atoms with Gasteiger partial charge in [0.05, 0.1) is 25.1 Å². The van der Waals surface area contributed by atoms with Crippen molar-refractivity contribution in [3.05, 3.63) is 76.4 Å². The van der Waals surface area contributed by atoms with Crippen LogP contribution >= 0.6 is 15.9 Å². The molecule has 0 saturated carbocycles. The van der Waals surface area contributed by atoms with Crippen LogP contribution in [-0.2, 0) is 20.7 Å². The maximum absolute atomic E-state index is 14.2. The van der Waals surface area contributed by atoms with Crippen LogP contribution < -0.4 is 19.7 Å². The molecule has 13 heteroatoms. The van der Waals surface area contributed by atoms with Crippen LogP contribution in [0.4, 0.5) is 15.9 Å². The molecule has 2 aromatic carbocycles. The summed E-state index contributed by atoms with van der Waals surface area (Å²) in [6.07, 6.45) is 8.24. The molecule has 0 aliphatic carbocycles. The number of amides is 2. The van der Waals surface area contributed by atoms with Crippen molar-refractivity contribution in [1.29, 1.82) is 0 Å². The molecular formula is C37H46BrFN6O5. The van der Waals surface area contributed by atoms with Crippen LogP contribution in [0.1, 0.15) is 57.7 Å². The van der Waals surface area contributed by atoms with E-state index in [-0.39, 0.29) is 18.8 Å². The van der Waals surface area contributed by atoms with Crippen molar-refractivity contribution >= 4 is 50.0 Å². The summed E-state index contributed by atoms with van der Waals surface area (Å²) >= 11 is 3.18. The van der Waals surface area contributed by atoms with Crippen LogP contribution in [0.5, 0.6) is 11.5 Å². The first kappa shape index (κ1) is 38.4. The third kappa shape index (κ3) is 10.6. The van der Waals surface area contributed by atoms with E-state index in [1.54, 1.807) is 25.6 Å². The molecule has 0 spiro atoms. The van der Waals surface area contributed by atoms with Gasteiger partial charge in [0.25, 0.3) is 0 Å². The van der Waals surface area contributed by atoms with Crippen LogP contribution in [0.2, 0.25) is 0 Å². The van der Waals surface area contributed by atoms with Crippen molar-refractivity contribution in [2.24, 2.45) is 0 Å². The number of carbonyl (C=O) groups is 2. The van der Waals surface area contributed by atoms with Gasteiger partial charge in [-0.05, 0) is 67.3 Å². The lowest BCUT2D eigenvalue weighted by Crippen LogP contribution is -2.52. The predicted octanol–water partition coefficient (Wildman–Crippen LogP) is 6.82. The molecule has 2 amide bonds. The topological polar surface area (TPSA) is 119 Å². The Kier molecular flexibility index (Phi) is 15.2. The highest BCUT2D eigenvalue weighted by molar-refractivity contribution is 9.10. The third-order valence-corrected chi connectivity index (χ3v) is 8.43. The number of hydrogen-bond acceptors (Lipinski definition) is 9. The first-order valence-electron chi connectivity index (χ1n) is 17.1. The van der Waals surface area contributed by atoms with Crippen molar-refractivity contribution in [2.45, 2.75) is 52.9 Å². The number of nitrogens with one attached hydrogen (secondary N) is 1. The normalized spacial score (nSPS) is 12.7. The lowest BCUT2D eigenvalue weighted by Gasteiger charge is -2.35. The molecule has 50 heavy (non-hydrogen) atoms. The fourth-order valence-electron chi connectivity index (χ4n) is 5.28. The number of pyridine rings is 1. The minimum Gasteiger partial charge on any atom is -0.493 e. The van der Waals surface area contributed by atoms with Crippen molar-refractivity contribution < 1.29 is 28.2 Å². The molecule has 0 radical (unpaired) electrons. The van der Waals surface area contributed by atoms with Gasteiger partial charge >= 0.3 is 11.8 Å². The number of ether oxygens (including phenoxy) is 3. The van der Waals surface area contributed by atoms with E-state index in [2.05, 4.69) is 57.2 Å². The summed E-state index contributed by atoms with van der Waals surface area (Å²) in [6.45, 7) is 10.2. The van der Waals surface area contributed by atoms with Gasteiger partial charge in [0, 0.05) is 73.5 Å². The van der Waals surface area contributed by atoms with Crippen molar-refractivity contribution in [3.8, 4) is 11.5 Å². The fraction of sp³-hybridized carbons (Fsp3) is 0.432. The Hall–Kier alpha value is -4.36. The van der Waals surface area contributed by atoms with Crippen molar-refractivity contribution in [3.63, 3.8) is 0 Å². The van der Waals surface area contributed by atoms with E-state index in [0.717, 1.165) is 60.9 Å². The molecule has 1 saturated heterocycles. The zero-order valence-electron chi connectivity index (χ0n) is 29.2. The van der Waals surface area contributed by atoms with Crippen molar-refractivity contribution in [2.75, 3.05) is 63.3 Å².